The van der Waals surface area contributed by atoms with E-state index in [2.05, 4.69) is 35.4 Å². The van der Waals surface area contributed by atoms with Crippen molar-refractivity contribution in [3.8, 4) is 5.88 Å². The molecule has 3 nitrogen and oxygen atoms in total. The molecule has 1 aromatic heterocycles. The zero-order valence-corrected chi connectivity index (χ0v) is 9.83. The van der Waals surface area contributed by atoms with Crippen LogP contribution >= 0.6 is 0 Å². The lowest BCUT2D eigenvalue weighted by molar-refractivity contribution is 0.299. The Morgan fingerprint density at radius 2 is 2.44 bits per heavy atom. The largest absolute Gasteiger partial charge is 0.479 e. The van der Waals surface area contributed by atoms with Crippen molar-refractivity contribution < 1.29 is 4.74 Å². The van der Waals surface area contributed by atoms with Gasteiger partial charge in [-0.05, 0) is 24.9 Å². The normalized spacial score (nSPS) is 19.9. The molecule has 0 aliphatic carbocycles. The molecule has 0 radical (unpaired) electrons. The minimum absolute atomic E-state index is 0.341. The molecule has 0 amide bonds. The van der Waals surface area contributed by atoms with Gasteiger partial charge in [0.1, 0.15) is 0 Å². The zero-order chi connectivity index (χ0) is 11.2. The van der Waals surface area contributed by atoms with Gasteiger partial charge in [-0.15, -0.1) is 0 Å². The maximum atomic E-state index is 5.61. The highest BCUT2D eigenvalue weighted by molar-refractivity contribution is 5.28. The first-order chi connectivity index (χ1) is 7.90. The number of ether oxygens (including phenoxy) is 1. The van der Waals surface area contributed by atoms with Crippen LogP contribution in [0.2, 0.25) is 0 Å². The molecule has 1 aliphatic heterocycles. The second-order valence-electron chi connectivity index (χ2n) is 4.15. The first kappa shape index (κ1) is 11.3. The Hall–Kier alpha value is -1.22. The van der Waals surface area contributed by atoms with Gasteiger partial charge in [-0.1, -0.05) is 25.5 Å². The molecule has 0 saturated heterocycles. The lowest BCUT2D eigenvalue weighted by Crippen LogP contribution is -2.22. The first-order valence-corrected chi connectivity index (χ1v) is 6.11. The van der Waals surface area contributed by atoms with Gasteiger partial charge in [0, 0.05) is 12.3 Å². The van der Waals surface area contributed by atoms with Gasteiger partial charge >= 0.3 is 0 Å². The fraction of sp³-hybridized carbons (Fsp3) is 0.538. The van der Waals surface area contributed by atoms with Crippen molar-refractivity contribution >= 4 is 0 Å². The van der Waals surface area contributed by atoms with E-state index in [0.29, 0.717) is 6.04 Å². The highest BCUT2D eigenvalue weighted by Crippen LogP contribution is 2.21. The van der Waals surface area contributed by atoms with Crippen LogP contribution in [-0.4, -0.2) is 18.1 Å². The molecule has 2 rings (SSSR count). The topological polar surface area (TPSA) is 37.0 Å². The summed E-state index contributed by atoms with van der Waals surface area (Å²) in [6.07, 6.45) is 9.86. The quantitative estimate of drug-likeness (QED) is 0.591. The summed E-state index contributed by atoms with van der Waals surface area (Å²) in [6, 6.07) is 2.43. The van der Waals surface area contributed by atoms with Crippen LogP contribution in [0.15, 0.2) is 24.4 Å². The molecular weight excluding hydrogens is 200 g/mol. The maximum Gasteiger partial charge on any atom is 0.191 e. The van der Waals surface area contributed by atoms with Crippen molar-refractivity contribution in [2.24, 2.45) is 0 Å². The smallest absolute Gasteiger partial charge is 0.191 e. The molecule has 0 saturated carbocycles. The van der Waals surface area contributed by atoms with E-state index in [-0.39, 0.29) is 0 Å². The van der Waals surface area contributed by atoms with Crippen LogP contribution in [0.3, 0.4) is 0 Å². The molecule has 88 valence electrons. The van der Waals surface area contributed by atoms with E-state index < -0.39 is 0 Å². The van der Waals surface area contributed by atoms with E-state index in [4.69, 9.17) is 4.74 Å². The Morgan fingerprint density at radius 3 is 3.19 bits per heavy atom. The number of aromatic amines is 1. The predicted molar refractivity (Wildman–Crippen MR) is 65.7 cm³/mol. The highest BCUT2D eigenvalue weighted by atomic mass is 16.5. The summed E-state index contributed by atoms with van der Waals surface area (Å²) in [5, 5.41) is 3.45. The van der Waals surface area contributed by atoms with Gasteiger partial charge < -0.3 is 15.0 Å². The SMILES string of the molecule is CCCCOc1cc(C2C=CCCN2)c[nH]1. The van der Waals surface area contributed by atoms with Gasteiger partial charge in [-0.3, -0.25) is 0 Å². The summed E-state index contributed by atoms with van der Waals surface area (Å²) in [4.78, 5) is 3.17. The summed E-state index contributed by atoms with van der Waals surface area (Å²) in [6.45, 7) is 4.02. The molecule has 1 aromatic rings. The van der Waals surface area contributed by atoms with E-state index in [1.807, 2.05) is 6.20 Å². The molecule has 16 heavy (non-hydrogen) atoms. The molecular formula is C13H20N2O. The molecule has 0 aromatic carbocycles. The number of unbranched alkanes of at least 4 members (excludes halogenated alkanes) is 1. The Bertz CT molecular complexity index is 343. The van der Waals surface area contributed by atoms with E-state index in [1.54, 1.807) is 0 Å². The number of nitrogens with one attached hydrogen (secondary N) is 2. The molecule has 3 heteroatoms. The van der Waals surface area contributed by atoms with Crippen molar-refractivity contribution in [3.05, 3.63) is 30.0 Å². The van der Waals surface area contributed by atoms with Gasteiger partial charge in [0.25, 0.3) is 0 Å². The van der Waals surface area contributed by atoms with E-state index in [9.17, 15) is 0 Å². The zero-order valence-electron chi connectivity index (χ0n) is 9.83. The minimum atomic E-state index is 0.341. The van der Waals surface area contributed by atoms with Gasteiger partial charge in [-0.25, -0.2) is 0 Å². The van der Waals surface area contributed by atoms with Crippen molar-refractivity contribution in [2.45, 2.75) is 32.2 Å². The van der Waals surface area contributed by atoms with Crippen LogP contribution in [0, 0.1) is 0 Å². The van der Waals surface area contributed by atoms with Crippen LogP contribution < -0.4 is 10.1 Å². The summed E-state index contributed by atoms with van der Waals surface area (Å²) in [5.41, 5.74) is 1.25. The average molecular weight is 220 g/mol. The average Bonchev–Trinajstić information content (AvgIpc) is 2.79. The fourth-order valence-electron chi connectivity index (χ4n) is 1.83. The summed E-state index contributed by atoms with van der Waals surface area (Å²) < 4.78 is 5.61. The fourth-order valence-corrected chi connectivity index (χ4v) is 1.83. The van der Waals surface area contributed by atoms with Crippen molar-refractivity contribution in [3.63, 3.8) is 0 Å². The van der Waals surface area contributed by atoms with Gasteiger partial charge in [0.2, 0.25) is 0 Å². The van der Waals surface area contributed by atoms with Gasteiger partial charge in [0.05, 0.1) is 12.6 Å². The number of hydrogen-bond donors (Lipinski definition) is 2. The Morgan fingerprint density at radius 1 is 1.50 bits per heavy atom. The Kier molecular flexibility index (Phi) is 4.05. The monoisotopic (exact) mass is 220 g/mol. The van der Waals surface area contributed by atoms with Crippen LogP contribution in [0.1, 0.15) is 37.8 Å². The Balaban J connectivity index is 1.91. The lowest BCUT2D eigenvalue weighted by atomic mass is 10.1. The number of rotatable bonds is 5. The second-order valence-corrected chi connectivity index (χ2v) is 4.15. The minimum Gasteiger partial charge on any atom is -0.479 e. The maximum absolute atomic E-state index is 5.61. The number of hydrogen-bond acceptors (Lipinski definition) is 2. The molecule has 1 atom stereocenters. The van der Waals surface area contributed by atoms with Crippen molar-refractivity contribution in [1.29, 1.82) is 0 Å². The van der Waals surface area contributed by atoms with E-state index in [1.165, 1.54) is 12.0 Å². The van der Waals surface area contributed by atoms with Crippen LogP contribution in [0.4, 0.5) is 0 Å². The number of H-pyrrole nitrogens is 1. The standard InChI is InChI=1S/C13H20N2O/c1-2-3-8-16-13-9-11(10-15-13)12-6-4-5-7-14-12/h4,6,9-10,12,14-15H,2-3,5,7-8H2,1H3. The van der Waals surface area contributed by atoms with Gasteiger partial charge in [0.15, 0.2) is 5.88 Å². The molecule has 1 aliphatic rings. The van der Waals surface area contributed by atoms with Crippen LogP contribution in [0.5, 0.6) is 5.88 Å². The first-order valence-electron chi connectivity index (χ1n) is 6.11. The van der Waals surface area contributed by atoms with Gasteiger partial charge in [-0.2, -0.15) is 0 Å². The molecule has 0 spiro atoms. The second kappa shape index (κ2) is 5.75. The summed E-state index contributed by atoms with van der Waals surface area (Å²) >= 11 is 0. The molecule has 2 N–H and O–H groups in total. The Labute approximate surface area is 96.9 Å². The summed E-state index contributed by atoms with van der Waals surface area (Å²) in [7, 11) is 0. The third-order valence-electron chi connectivity index (χ3n) is 2.80. The van der Waals surface area contributed by atoms with E-state index >= 15 is 0 Å². The van der Waals surface area contributed by atoms with Crippen molar-refractivity contribution in [2.75, 3.05) is 13.2 Å². The van der Waals surface area contributed by atoms with Crippen LogP contribution in [0.25, 0.3) is 0 Å². The third-order valence-corrected chi connectivity index (χ3v) is 2.80. The highest BCUT2D eigenvalue weighted by Gasteiger charge is 2.11. The van der Waals surface area contributed by atoms with Crippen molar-refractivity contribution in [1.82, 2.24) is 10.3 Å². The van der Waals surface area contributed by atoms with Crippen LogP contribution in [-0.2, 0) is 0 Å². The summed E-state index contributed by atoms with van der Waals surface area (Å²) in [5.74, 6) is 0.879. The lowest BCUT2D eigenvalue weighted by Gasteiger charge is -2.16. The molecule has 2 heterocycles. The molecule has 0 bridgehead atoms. The number of aromatic nitrogens is 1. The predicted octanol–water partition coefficient (Wildman–Crippen LogP) is 2.78. The molecule has 0 fully saturated rings. The third kappa shape index (κ3) is 2.89. The molecule has 1 unspecified atom stereocenters. The van der Waals surface area contributed by atoms with E-state index in [0.717, 1.165) is 31.9 Å².